The fourth-order valence-electron chi connectivity index (χ4n) is 3.09. The average molecular weight is 467 g/mol. The standard InChI is InChI=1S/C21H23F2N3O5S/c1-2-19(15-6-8-17(9-7-15)31-21(22)23)24-25-20(27)16-4-3-5-18(14-16)32(28,29)26-10-12-30-13-11-26/h3-9,14,21H,2,10-13H2,1H3,(H,25,27). The van der Waals surface area contributed by atoms with E-state index >= 15 is 0 Å². The molecule has 0 spiro atoms. The van der Waals surface area contributed by atoms with Gasteiger partial charge in [0, 0.05) is 18.7 Å². The summed E-state index contributed by atoms with van der Waals surface area (Å²) in [5, 5.41) is 4.11. The Morgan fingerprint density at radius 3 is 2.47 bits per heavy atom. The van der Waals surface area contributed by atoms with Crippen LogP contribution in [0.15, 0.2) is 58.5 Å². The van der Waals surface area contributed by atoms with Crippen LogP contribution in [0, 0.1) is 0 Å². The van der Waals surface area contributed by atoms with Gasteiger partial charge in [0.15, 0.2) is 0 Å². The van der Waals surface area contributed by atoms with Crippen molar-refractivity contribution in [3.05, 3.63) is 59.7 Å². The van der Waals surface area contributed by atoms with Crippen molar-refractivity contribution >= 4 is 21.6 Å². The Labute approximate surface area is 184 Å². The van der Waals surface area contributed by atoms with Crippen LogP contribution in [0.3, 0.4) is 0 Å². The van der Waals surface area contributed by atoms with Crippen molar-refractivity contribution in [3.8, 4) is 5.75 Å². The van der Waals surface area contributed by atoms with Gasteiger partial charge >= 0.3 is 6.61 Å². The molecule has 3 rings (SSSR count). The monoisotopic (exact) mass is 467 g/mol. The molecule has 11 heteroatoms. The Morgan fingerprint density at radius 2 is 1.84 bits per heavy atom. The van der Waals surface area contributed by atoms with Gasteiger partial charge in [0.25, 0.3) is 5.91 Å². The van der Waals surface area contributed by atoms with Crippen molar-refractivity contribution in [2.45, 2.75) is 24.9 Å². The Balaban J connectivity index is 1.73. The maximum absolute atomic E-state index is 12.8. The van der Waals surface area contributed by atoms with E-state index in [4.69, 9.17) is 4.74 Å². The summed E-state index contributed by atoms with van der Waals surface area (Å²) >= 11 is 0. The van der Waals surface area contributed by atoms with Crippen LogP contribution in [-0.2, 0) is 14.8 Å². The number of hydrogen-bond donors (Lipinski definition) is 1. The first-order valence-electron chi connectivity index (χ1n) is 9.91. The summed E-state index contributed by atoms with van der Waals surface area (Å²) < 4.78 is 61.0. The number of hydrogen-bond acceptors (Lipinski definition) is 6. The second-order valence-electron chi connectivity index (χ2n) is 6.80. The molecule has 0 radical (unpaired) electrons. The van der Waals surface area contributed by atoms with E-state index in [1.807, 2.05) is 6.92 Å². The summed E-state index contributed by atoms with van der Waals surface area (Å²) in [6.45, 7) is 0.0621. The van der Waals surface area contributed by atoms with Gasteiger partial charge < -0.3 is 9.47 Å². The summed E-state index contributed by atoms with van der Waals surface area (Å²) in [6, 6.07) is 11.6. The van der Waals surface area contributed by atoms with Gasteiger partial charge in [-0.2, -0.15) is 18.2 Å². The number of halogens is 2. The second kappa shape index (κ2) is 10.6. The Bertz CT molecular complexity index is 1070. The van der Waals surface area contributed by atoms with Crippen molar-refractivity contribution in [1.29, 1.82) is 0 Å². The molecule has 1 amide bonds. The maximum atomic E-state index is 12.8. The van der Waals surface area contributed by atoms with Crippen molar-refractivity contribution in [1.82, 2.24) is 9.73 Å². The zero-order valence-electron chi connectivity index (χ0n) is 17.3. The highest BCUT2D eigenvalue weighted by atomic mass is 32.2. The minimum absolute atomic E-state index is 0.0152. The van der Waals surface area contributed by atoms with Crippen LogP contribution < -0.4 is 10.2 Å². The van der Waals surface area contributed by atoms with Crippen molar-refractivity contribution in [2.75, 3.05) is 26.3 Å². The van der Waals surface area contributed by atoms with Gasteiger partial charge in [-0.05, 0) is 54.4 Å². The van der Waals surface area contributed by atoms with Gasteiger partial charge in [-0.15, -0.1) is 0 Å². The van der Waals surface area contributed by atoms with E-state index in [1.54, 1.807) is 12.1 Å². The molecule has 1 heterocycles. The first-order valence-corrected chi connectivity index (χ1v) is 11.4. The van der Waals surface area contributed by atoms with Gasteiger partial charge in [-0.3, -0.25) is 4.79 Å². The Kier molecular flexibility index (Phi) is 7.89. The third kappa shape index (κ3) is 5.87. The molecule has 0 aromatic heterocycles. The molecule has 32 heavy (non-hydrogen) atoms. The van der Waals surface area contributed by atoms with E-state index in [1.165, 1.54) is 40.7 Å². The minimum atomic E-state index is -3.74. The molecule has 0 saturated carbocycles. The summed E-state index contributed by atoms with van der Waals surface area (Å²) in [4.78, 5) is 12.6. The molecule has 1 aliphatic heterocycles. The molecule has 0 unspecified atom stereocenters. The zero-order chi connectivity index (χ0) is 23.1. The highest BCUT2D eigenvalue weighted by Gasteiger charge is 2.26. The molecular weight excluding hydrogens is 444 g/mol. The molecule has 1 saturated heterocycles. The summed E-state index contributed by atoms with van der Waals surface area (Å²) in [6.07, 6.45) is 0.459. The van der Waals surface area contributed by atoms with Crippen LogP contribution in [-0.4, -0.2) is 57.3 Å². The number of sulfonamides is 1. The fraction of sp³-hybridized carbons (Fsp3) is 0.333. The molecule has 2 aromatic rings. The zero-order valence-corrected chi connectivity index (χ0v) is 18.1. The molecule has 0 aliphatic carbocycles. The Hall–Kier alpha value is -2.89. The number of ether oxygens (including phenoxy) is 2. The number of amides is 1. The van der Waals surface area contributed by atoms with Crippen molar-refractivity contribution < 1.29 is 31.5 Å². The lowest BCUT2D eigenvalue weighted by Crippen LogP contribution is -2.40. The van der Waals surface area contributed by atoms with Crippen LogP contribution in [0.1, 0.15) is 29.3 Å². The molecule has 1 N–H and O–H groups in total. The van der Waals surface area contributed by atoms with E-state index < -0.39 is 22.5 Å². The fourth-order valence-corrected chi connectivity index (χ4v) is 4.55. The lowest BCUT2D eigenvalue weighted by Gasteiger charge is -2.26. The van der Waals surface area contributed by atoms with Crippen LogP contribution in [0.4, 0.5) is 8.78 Å². The lowest BCUT2D eigenvalue weighted by molar-refractivity contribution is -0.0498. The van der Waals surface area contributed by atoms with Gasteiger partial charge in [-0.1, -0.05) is 13.0 Å². The van der Waals surface area contributed by atoms with Gasteiger partial charge in [-0.25, -0.2) is 13.8 Å². The Morgan fingerprint density at radius 1 is 1.16 bits per heavy atom. The van der Waals surface area contributed by atoms with Gasteiger partial charge in [0.1, 0.15) is 5.75 Å². The van der Waals surface area contributed by atoms with E-state index in [-0.39, 0.29) is 29.3 Å². The van der Waals surface area contributed by atoms with Gasteiger partial charge in [0.05, 0.1) is 23.8 Å². The second-order valence-corrected chi connectivity index (χ2v) is 8.74. The lowest BCUT2D eigenvalue weighted by atomic mass is 10.1. The highest BCUT2D eigenvalue weighted by molar-refractivity contribution is 7.89. The van der Waals surface area contributed by atoms with Crippen LogP contribution in [0.2, 0.25) is 0 Å². The molecule has 0 bridgehead atoms. The number of hydrazone groups is 1. The van der Waals surface area contributed by atoms with Crippen LogP contribution in [0.25, 0.3) is 0 Å². The smallest absolute Gasteiger partial charge is 0.387 e. The number of nitrogens with zero attached hydrogens (tertiary/aromatic N) is 2. The number of carbonyl (C=O) groups excluding carboxylic acids is 1. The number of morpholine rings is 1. The number of rotatable bonds is 8. The average Bonchev–Trinajstić information content (AvgIpc) is 2.80. The van der Waals surface area contributed by atoms with E-state index in [2.05, 4.69) is 15.3 Å². The maximum Gasteiger partial charge on any atom is 0.387 e. The van der Waals surface area contributed by atoms with E-state index in [0.717, 1.165) is 0 Å². The molecule has 1 fully saturated rings. The number of benzene rings is 2. The molecule has 8 nitrogen and oxygen atoms in total. The SMILES string of the molecule is CCC(=NNC(=O)c1cccc(S(=O)(=O)N2CCOCC2)c1)c1ccc(OC(F)F)cc1. The number of nitrogens with one attached hydrogen (secondary N) is 1. The molecule has 172 valence electrons. The summed E-state index contributed by atoms with van der Waals surface area (Å²) in [5.41, 5.74) is 3.70. The number of carbonyl (C=O) groups is 1. The first kappa shape index (κ1) is 23.8. The largest absolute Gasteiger partial charge is 0.435 e. The highest BCUT2D eigenvalue weighted by Crippen LogP contribution is 2.19. The summed E-state index contributed by atoms with van der Waals surface area (Å²) in [7, 11) is -3.74. The van der Waals surface area contributed by atoms with E-state index in [0.29, 0.717) is 30.9 Å². The molecule has 0 atom stereocenters. The van der Waals surface area contributed by atoms with Gasteiger partial charge in [0.2, 0.25) is 10.0 Å². The third-order valence-corrected chi connectivity index (χ3v) is 6.64. The van der Waals surface area contributed by atoms with Crippen molar-refractivity contribution in [3.63, 3.8) is 0 Å². The quantitative estimate of drug-likeness (QED) is 0.476. The predicted molar refractivity (Wildman–Crippen MR) is 113 cm³/mol. The topological polar surface area (TPSA) is 97.3 Å². The molecule has 2 aromatic carbocycles. The normalized spacial score (nSPS) is 15.6. The van der Waals surface area contributed by atoms with Crippen LogP contribution in [0.5, 0.6) is 5.75 Å². The summed E-state index contributed by atoms with van der Waals surface area (Å²) in [5.74, 6) is -0.561. The predicted octanol–water partition coefficient (Wildman–Crippen LogP) is 2.85. The van der Waals surface area contributed by atoms with E-state index in [9.17, 15) is 22.0 Å². The number of alkyl halides is 2. The minimum Gasteiger partial charge on any atom is -0.435 e. The molecule has 1 aliphatic rings. The van der Waals surface area contributed by atoms with Crippen LogP contribution >= 0.6 is 0 Å². The first-order chi connectivity index (χ1) is 15.3. The van der Waals surface area contributed by atoms with Crippen molar-refractivity contribution in [2.24, 2.45) is 5.10 Å². The third-order valence-electron chi connectivity index (χ3n) is 4.74. The molecular formula is C21H23F2N3O5S.